The predicted molar refractivity (Wildman–Crippen MR) is 148 cm³/mol. The van der Waals surface area contributed by atoms with Crippen molar-refractivity contribution in [1.82, 2.24) is 0 Å². The molecule has 41 heavy (non-hydrogen) atoms. The lowest BCUT2D eigenvalue weighted by Gasteiger charge is -2.38. The third kappa shape index (κ3) is 5.58. The normalized spacial score (nSPS) is 12.0. The van der Waals surface area contributed by atoms with E-state index in [0.717, 1.165) is 48.6 Å². The van der Waals surface area contributed by atoms with Crippen LogP contribution in [-0.2, 0) is 5.41 Å². The minimum absolute atomic E-state index is 0.00537. The van der Waals surface area contributed by atoms with E-state index < -0.39 is 28.9 Å². The van der Waals surface area contributed by atoms with Gasteiger partial charge in [-0.2, -0.15) is 26.3 Å². The van der Waals surface area contributed by atoms with E-state index in [4.69, 9.17) is 20.9 Å². The fourth-order valence-corrected chi connectivity index (χ4v) is 4.38. The first-order chi connectivity index (χ1) is 19.3. The smallest absolute Gasteiger partial charge is 0.411 e. The van der Waals surface area contributed by atoms with Crippen molar-refractivity contribution in [3.63, 3.8) is 0 Å². The number of nitrogen functional groups attached to an aromatic ring is 2. The minimum atomic E-state index is -5.80. The number of benzene rings is 4. The molecule has 10 heteroatoms. The Hall–Kier alpha value is -4.86. The van der Waals surface area contributed by atoms with Crippen LogP contribution in [0.15, 0.2) is 98.1 Å². The molecule has 0 heterocycles. The van der Waals surface area contributed by atoms with Gasteiger partial charge in [0.05, 0.1) is 0 Å². The molecule has 0 saturated heterocycles. The third-order valence-corrected chi connectivity index (χ3v) is 6.39. The van der Waals surface area contributed by atoms with Gasteiger partial charge in [-0.15, -0.1) is 0 Å². The summed E-state index contributed by atoms with van der Waals surface area (Å²) in [5, 5.41) is 0. The highest BCUT2D eigenvalue weighted by Gasteiger charge is 2.72. The molecule has 212 valence electrons. The number of hydrogen-bond acceptors (Lipinski definition) is 4. The summed E-state index contributed by atoms with van der Waals surface area (Å²) < 4.78 is 100. The Labute approximate surface area is 232 Å². The van der Waals surface area contributed by atoms with Crippen LogP contribution in [0.4, 0.5) is 37.7 Å². The molecule has 0 spiro atoms. The molecule has 0 radical (unpaired) electrons. The zero-order valence-corrected chi connectivity index (χ0v) is 21.4. The SMILES string of the molecule is C=Cc1cc(C(c2ccc(Oc3ccc(N)cc3)c(C=C)c2)(C(F)(F)F)C(F)(F)F)ccc1Oc1ccc(N)cc1. The summed E-state index contributed by atoms with van der Waals surface area (Å²) >= 11 is 0. The van der Waals surface area contributed by atoms with Crippen LogP contribution >= 0.6 is 0 Å². The van der Waals surface area contributed by atoms with Gasteiger partial charge in [0.1, 0.15) is 23.0 Å². The fraction of sp³-hybridized carbons (Fsp3) is 0.0968. The lowest BCUT2D eigenvalue weighted by atomic mass is 9.72. The highest BCUT2D eigenvalue weighted by atomic mass is 19.4. The van der Waals surface area contributed by atoms with Gasteiger partial charge in [0.25, 0.3) is 0 Å². The van der Waals surface area contributed by atoms with E-state index in [1.807, 2.05) is 0 Å². The topological polar surface area (TPSA) is 70.5 Å². The maximum atomic E-state index is 14.8. The van der Waals surface area contributed by atoms with Gasteiger partial charge in [0, 0.05) is 22.5 Å². The first-order valence-electron chi connectivity index (χ1n) is 12.0. The molecule has 0 unspecified atom stereocenters. The second kappa shape index (κ2) is 11.0. The zero-order chi connectivity index (χ0) is 30.0. The van der Waals surface area contributed by atoms with Gasteiger partial charge in [-0.25, -0.2) is 0 Å². The summed E-state index contributed by atoms with van der Waals surface area (Å²) in [6.07, 6.45) is -9.37. The Morgan fingerprint density at radius 1 is 0.537 bits per heavy atom. The highest BCUT2D eigenvalue weighted by Crippen LogP contribution is 2.57. The molecule has 4 aromatic carbocycles. The molecule has 0 aromatic heterocycles. The molecule has 4 N–H and O–H groups in total. The van der Waals surface area contributed by atoms with Gasteiger partial charge in [-0.1, -0.05) is 37.4 Å². The molecular formula is C31H24F6N2O2. The van der Waals surface area contributed by atoms with Gasteiger partial charge < -0.3 is 20.9 Å². The summed E-state index contributed by atoms with van der Waals surface area (Å²) in [6.45, 7) is 7.10. The highest BCUT2D eigenvalue weighted by molar-refractivity contribution is 5.63. The van der Waals surface area contributed by atoms with Crippen molar-refractivity contribution < 1.29 is 35.8 Å². The number of ether oxygens (including phenoxy) is 2. The predicted octanol–water partition coefficient (Wildman–Crippen LogP) is 9.13. The van der Waals surface area contributed by atoms with Crippen molar-refractivity contribution >= 4 is 23.5 Å². The summed E-state index contributed by atoms with van der Waals surface area (Å²) in [5.74, 6) is 0.567. The summed E-state index contributed by atoms with van der Waals surface area (Å²) in [4.78, 5) is 0. The van der Waals surface area contributed by atoms with Gasteiger partial charge in [-0.05, 0) is 83.9 Å². The van der Waals surface area contributed by atoms with Crippen LogP contribution in [0.25, 0.3) is 12.2 Å². The standard InChI is InChI=1S/C31H24F6N2O2/c1-3-19-17-21(5-15-27(19)40-25-11-7-23(38)8-12-25)29(30(32,33)34,31(35,36)37)22-6-16-28(20(4-2)18-22)41-26-13-9-24(39)10-14-26/h3-18H,1-2,38-39H2. The van der Waals surface area contributed by atoms with Gasteiger partial charge in [0.2, 0.25) is 5.41 Å². The van der Waals surface area contributed by atoms with E-state index in [0.29, 0.717) is 11.4 Å². The molecule has 0 aliphatic rings. The largest absolute Gasteiger partial charge is 0.457 e. The van der Waals surface area contributed by atoms with Crippen LogP contribution in [0.1, 0.15) is 22.3 Å². The first-order valence-corrected chi connectivity index (χ1v) is 12.0. The Balaban J connectivity index is 1.87. The van der Waals surface area contributed by atoms with Crippen LogP contribution in [0, 0.1) is 0 Å². The lowest BCUT2D eigenvalue weighted by Crippen LogP contribution is -2.54. The molecule has 0 amide bonds. The second-order valence-electron chi connectivity index (χ2n) is 9.00. The van der Waals surface area contributed by atoms with Crippen LogP contribution < -0.4 is 20.9 Å². The van der Waals surface area contributed by atoms with E-state index in [9.17, 15) is 26.3 Å². The van der Waals surface area contributed by atoms with Crippen molar-refractivity contribution in [2.75, 3.05) is 11.5 Å². The molecule has 0 bridgehead atoms. The number of nitrogens with two attached hydrogens (primary N) is 2. The molecule has 0 fully saturated rings. The van der Waals surface area contributed by atoms with Crippen LogP contribution in [0.5, 0.6) is 23.0 Å². The number of rotatable bonds is 8. The summed E-state index contributed by atoms with van der Waals surface area (Å²) in [5.41, 5.74) is 5.49. The Morgan fingerprint density at radius 2 is 0.878 bits per heavy atom. The molecule has 4 nitrogen and oxygen atoms in total. The van der Waals surface area contributed by atoms with Gasteiger partial charge in [0.15, 0.2) is 0 Å². The molecule has 0 aliphatic carbocycles. The van der Waals surface area contributed by atoms with Crippen molar-refractivity contribution in [2.45, 2.75) is 17.8 Å². The Kier molecular flexibility index (Phi) is 7.78. The maximum Gasteiger partial charge on any atom is 0.411 e. The zero-order valence-electron chi connectivity index (χ0n) is 21.4. The van der Waals surface area contributed by atoms with Crippen molar-refractivity contribution in [2.24, 2.45) is 0 Å². The number of halogens is 6. The molecule has 4 aromatic rings. The average molecular weight is 571 g/mol. The summed E-state index contributed by atoms with van der Waals surface area (Å²) in [7, 11) is 0. The van der Waals surface area contributed by atoms with E-state index in [1.54, 1.807) is 0 Å². The van der Waals surface area contributed by atoms with Crippen LogP contribution in [-0.4, -0.2) is 12.4 Å². The van der Waals surface area contributed by atoms with Crippen LogP contribution in [0.3, 0.4) is 0 Å². The molecule has 0 atom stereocenters. The van der Waals surface area contributed by atoms with Gasteiger partial charge in [-0.3, -0.25) is 0 Å². The quantitative estimate of drug-likeness (QED) is 0.164. The molecule has 0 aliphatic heterocycles. The molecule has 4 rings (SSSR count). The third-order valence-electron chi connectivity index (χ3n) is 6.39. The van der Waals surface area contributed by atoms with E-state index in [-0.39, 0.29) is 34.1 Å². The number of alkyl halides is 6. The fourth-order valence-electron chi connectivity index (χ4n) is 4.38. The van der Waals surface area contributed by atoms with Crippen LogP contribution in [0.2, 0.25) is 0 Å². The molecular weight excluding hydrogens is 546 g/mol. The second-order valence-corrected chi connectivity index (χ2v) is 9.00. The minimum Gasteiger partial charge on any atom is -0.457 e. The van der Waals surface area contributed by atoms with E-state index >= 15 is 0 Å². The Morgan fingerprint density at radius 3 is 1.17 bits per heavy atom. The summed E-state index contributed by atoms with van der Waals surface area (Å²) in [6, 6.07) is 17.3. The first kappa shape index (κ1) is 29.1. The maximum absolute atomic E-state index is 14.8. The van der Waals surface area contributed by atoms with Crippen molar-refractivity contribution in [1.29, 1.82) is 0 Å². The number of hydrogen-bond donors (Lipinski definition) is 2. The lowest BCUT2D eigenvalue weighted by molar-refractivity contribution is -0.288. The van der Waals surface area contributed by atoms with E-state index in [1.165, 1.54) is 48.5 Å². The Bertz CT molecular complexity index is 1440. The molecule has 0 saturated carbocycles. The van der Waals surface area contributed by atoms with Crippen molar-refractivity contribution in [3.05, 3.63) is 120 Å². The van der Waals surface area contributed by atoms with Gasteiger partial charge >= 0.3 is 12.4 Å². The monoisotopic (exact) mass is 570 g/mol. The van der Waals surface area contributed by atoms with E-state index in [2.05, 4.69) is 13.2 Å². The number of anilines is 2. The average Bonchev–Trinajstić information content (AvgIpc) is 2.91. The van der Waals surface area contributed by atoms with Crippen molar-refractivity contribution in [3.8, 4) is 23.0 Å².